The third kappa shape index (κ3) is 24.4. The Morgan fingerprint density at radius 2 is 0.962 bits per heavy atom. The van der Waals surface area contributed by atoms with Crippen molar-refractivity contribution < 1.29 is 39.5 Å². The summed E-state index contributed by atoms with van der Waals surface area (Å²) in [6.07, 6.45) is 27.8. The molecule has 1 rings (SSSR count). The van der Waals surface area contributed by atoms with Crippen molar-refractivity contribution in [1.82, 2.24) is 10.2 Å². The highest BCUT2D eigenvalue weighted by Crippen LogP contribution is 2.26. The second kappa shape index (κ2) is 33.6. The number of amides is 2. The number of hydrogen-bond donors (Lipinski definition) is 5. The van der Waals surface area contributed by atoms with E-state index in [4.69, 9.17) is 9.84 Å². The van der Waals surface area contributed by atoms with E-state index in [1.807, 2.05) is 0 Å². The van der Waals surface area contributed by atoms with Gasteiger partial charge in [0.05, 0.1) is 6.61 Å². The van der Waals surface area contributed by atoms with Crippen molar-refractivity contribution in [3.8, 4) is 0 Å². The lowest BCUT2D eigenvalue weighted by molar-refractivity contribution is -0.231. The SMILES string of the molecule is CCCCCCCCCCCCCCCCCC(=O)N(CCCCCCCCCCCCCC)[C@@H]1O[C@H](CO)[C@@H](O)[C@H](O)[C@H]1NC(=O)CCCC(=O)O. The molecule has 10 heteroatoms. The first-order valence-corrected chi connectivity index (χ1v) is 22.2. The van der Waals surface area contributed by atoms with E-state index in [0.29, 0.717) is 13.0 Å². The number of carboxylic acid groups (broad SMARTS) is 1. The van der Waals surface area contributed by atoms with E-state index >= 15 is 0 Å². The van der Waals surface area contributed by atoms with E-state index in [1.54, 1.807) is 4.90 Å². The predicted molar refractivity (Wildman–Crippen MR) is 214 cm³/mol. The number of carbonyl (C=O) groups is 3. The van der Waals surface area contributed by atoms with Gasteiger partial charge in [-0.05, 0) is 19.3 Å². The summed E-state index contributed by atoms with van der Waals surface area (Å²) in [4.78, 5) is 39.2. The van der Waals surface area contributed by atoms with Crippen LogP contribution in [0.5, 0.6) is 0 Å². The molecule has 10 nitrogen and oxygen atoms in total. The van der Waals surface area contributed by atoms with Gasteiger partial charge in [-0.25, -0.2) is 0 Å². The summed E-state index contributed by atoms with van der Waals surface area (Å²) in [6.45, 7) is 4.33. The van der Waals surface area contributed by atoms with Crippen molar-refractivity contribution >= 4 is 17.8 Å². The lowest BCUT2D eigenvalue weighted by atomic mass is 9.94. The van der Waals surface area contributed by atoms with E-state index in [9.17, 15) is 29.7 Å². The van der Waals surface area contributed by atoms with Crippen LogP contribution in [0.15, 0.2) is 0 Å². The maximum absolute atomic E-state index is 13.8. The molecule has 53 heavy (non-hydrogen) atoms. The second-order valence-corrected chi connectivity index (χ2v) is 15.7. The number of carboxylic acids is 1. The van der Waals surface area contributed by atoms with Gasteiger partial charge in [-0.1, -0.05) is 174 Å². The molecule has 1 aliphatic heterocycles. The highest BCUT2D eigenvalue weighted by molar-refractivity contribution is 5.78. The van der Waals surface area contributed by atoms with Crippen LogP contribution in [0.2, 0.25) is 0 Å². The summed E-state index contributed by atoms with van der Waals surface area (Å²) in [5, 5.41) is 43.4. The zero-order chi connectivity index (χ0) is 38.9. The number of nitrogens with zero attached hydrogens (tertiary/aromatic N) is 1. The van der Waals surface area contributed by atoms with Crippen LogP contribution in [0.25, 0.3) is 0 Å². The van der Waals surface area contributed by atoms with Gasteiger partial charge in [0.2, 0.25) is 11.8 Å². The molecular weight excluding hydrogens is 672 g/mol. The lowest BCUT2D eigenvalue weighted by Gasteiger charge is -2.47. The van der Waals surface area contributed by atoms with E-state index in [2.05, 4.69) is 19.2 Å². The molecule has 1 fully saturated rings. The fourth-order valence-electron chi connectivity index (χ4n) is 7.49. The van der Waals surface area contributed by atoms with Crippen LogP contribution in [-0.4, -0.2) is 86.8 Å². The number of ether oxygens (including phenoxy) is 1. The van der Waals surface area contributed by atoms with Gasteiger partial charge in [0.15, 0.2) is 6.23 Å². The number of unbranched alkanes of at least 4 members (excludes halogenated alkanes) is 25. The zero-order valence-corrected chi connectivity index (χ0v) is 34.1. The Morgan fingerprint density at radius 1 is 0.547 bits per heavy atom. The molecule has 1 heterocycles. The number of rotatable bonds is 36. The number of aliphatic carboxylic acids is 1. The summed E-state index contributed by atoms with van der Waals surface area (Å²) in [5.74, 6) is -1.62. The Morgan fingerprint density at radius 3 is 1.38 bits per heavy atom. The van der Waals surface area contributed by atoms with Crippen LogP contribution in [0, 0.1) is 0 Å². The summed E-state index contributed by atoms with van der Waals surface area (Å²) in [7, 11) is 0. The van der Waals surface area contributed by atoms with Gasteiger partial charge < -0.3 is 35.4 Å². The molecule has 1 saturated heterocycles. The van der Waals surface area contributed by atoms with Gasteiger partial charge in [0.1, 0.15) is 24.4 Å². The maximum atomic E-state index is 13.8. The zero-order valence-electron chi connectivity index (χ0n) is 34.1. The topological polar surface area (TPSA) is 157 Å². The van der Waals surface area contributed by atoms with Crippen LogP contribution in [-0.2, 0) is 19.1 Å². The molecular formula is C43H82N2O8. The van der Waals surface area contributed by atoms with E-state index < -0.39 is 49.1 Å². The highest BCUT2D eigenvalue weighted by Gasteiger charge is 2.48. The first-order valence-electron chi connectivity index (χ1n) is 22.2. The maximum Gasteiger partial charge on any atom is 0.303 e. The number of carbonyl (C=O) groups excluding carboxylic acids is 2. The Kier molecular flexibility index (Phi) is 31.2. The van der Waals surface area contributed by atoms with Gasteiger partial charge in [0.25, 0.3) is 0 Å². The summed E-state index contributed by atoms with van der Waals surface area (Å²) in [5.41, 5.74) is 0. The van der Waals surface area contributed by atoms with Crippen molar-refractivity contribution in [3.05, 3.63) is 0 Å². The average molecular weight is 755 g/mol. The summed E-state index contributed by atoms with van der Waals surface area (Å²) in [6, 6.07) is -1.12. The van der Waals surface area contributed by atoms with Gasteiger partial charge in [-0.15, -0.1) is 0 Å². The molecule has 1 aliphatic rings. The van der Waals surface area contributed by atoms with Gasteiger partial charge in [-0.3, -0.25) is 14.4 Å². The van der Waals surface area contributed by atoms with Gasteiger partial charge in [-0.2, -0.15) is 0 Å². The third-order valence-electron chi connectivity index (χ3n) is 10.9. The third-order valence-corrected chi connectivity index (χ3v) is 10.9. The monoisotopic (exact) mass is 755 g/mol. The lowest BCUT2D eigenvalue weighted by Crippen LogP contribution is -2.68. The fourth-order valence-corrected chi connectivity index (χ4v) is 7.49. The van der Waals surface area contributed by atoms with Crippen molar-refractivity contribution in [1.29, 1.82) is 0 Å². The molecule has 5 N–H and O–H groups in total. The van der Waals surface area contributed by atoms with Crippen molar-refractivity contribution in [3.63, 3.8) is 0 Å². The normalized spacial score (nSPS) is 20.1. The molecule has 0 aromatic rings. The molecule has 312 valence electrons. The van der Waals surface area contributed by atoms with Crippen LogP contribution >= 0.6 is 0 Å². The molecule has 0 aromatic carbocycles. The molecule has 0 aliphatic carbocycles. The smallest absolute Gasteiger partial charge is 0.303 e. The Balaban J connectivity index is 2.67. The quantitative estimate of drug-likeness (QED) is 0.0397. The van der Waals surface area contributed by atoms with Gasteiger partial charge in [0, 0.05) is 25.8 Å². The number of aliphatic hydroxyl groups excluding tert-OH is 3. The van der Waals surface area contributed by atoms with Crippen molar-refractivity contribution in [2.45, 2.75) is 243 Å². The Hall–Kier alpha value is -1.75. The van der Waals surface area contributed by atoms with Crippen molar-refractivity contribution in [2.75, 3.05) is 13.2 Å². The van der Waals surface area contributed by atoms with Crippen molar-refractivity contribution in [2.24, 2.45) is 0 Å². The largest absolute Gasteiger partial charge is 0.481 e. The first-order chi connectivity index (χ1) is 25.8. The minimum Gasteiger partial charge on any atom is -0.481 e. The van der Waals surface area contributed by atoms with Gasteiger partial charge >= 0.3 is 5.97 Å². The number of aliphatic hydroxyl groups is 3. The fraction of sp³-hybridized carbons (Fsp3) is 0.930. The van der Waals surface area contributed by atoms with Crippen LogP contribution in [0.3, 0.4) is 0 Å². The molecule has 0 saturated carbocycles. The van der Waals surface area contributed by atoms with E-state index in [1.165, 1.54) is 122 Å². The van der Waals surface area contributed by atoms with Crippen LogP contribution in [0.4, 0.5) is 0 Å². The molecule has 0 spiro atoms. The first kappa shape index (κ1) is 49.3. The molecule has 5 atom stereocenters. The number of nitrogens with one attached hydrogen (secondary N) is 1. The Labute approximate surface area is 323 Å². The second-order valence-electron chi connectivity index (χ2n) is 15.7. The number of hydrogen-bond acceptors (Lipinski definition) is 7. The molecule has 0 radical (unpaired) electrons. The Bertz CT molecular complexity index is 906. The molecule has 2 amide bonds. The summed E-state index contributed by atoms with van der Waals surface area (Å²) >= 11 is 0. The predicted octanol–water partition coefficient (Wildman–Crippen LogP) is 8.96. The minimum atomic E-state index is -1.47. The molecule has 0 aromatic heterocycles. The van der Waals surface area contributed by atoms with Crippen LogP contribution in [0.1, 0.15) is 213 Å². The van der Waals surface area contributed by atoms with Crippen LogP contribution < -0.4 is 5.32 Å². The standard InChI is InChI=1S/C43H82N2O8/c1-3-5-7-9-11-13-15-17-18-19-20-22-24-26-28-32-38(48)45(34-29-27-25-23-21-16-14-12-10-8-6-4-2)43-40(42(52)41(51)36(35-46)53-43)44-37(47)31-30-33-39(49)50/h36,40-43,46,51-52H,3-35H2,1-2H3,(H,44,47)(H,49,50)/t36-,40-,41-,42-,43-/m1/s1. The minimum absolute atomic E-state index is 0.0758. The average Bonchev–Trinajstić information content (AvgIpc) is 3.14. The van der Waals surface area contributed by atoms with E-state index in [-0.39, 0.29) is 25.2 Å². The highest BCUT2D eigenvalue weighted by atomic mass is 16.5. The molecule has 0 bridgehead atoms. The summed E-state index contributed by atoms with van der Waals surface area (Å²) < 4.78 is 6.08. The molecule has 0 unspecified atom stereocenters. The van der Waals surface area contributed by atoms with E-state index in [0.717, 1.165) is 51.4 Å².